The van der Waals surface area contributed by atoms with Crippen molar-refractivity contribution in [1.82, 2.24) is 15.2 Å². The van der Waals surface area contributed by atoms with E-state index in [4.69, 9.17) is 0 Å². The van der Waals surface area contributed by atoms with Crippen molar-refractivity contribution in [3.05, 3.63) is 23.6 Å². The predicted octanol–water partition coefficient (Wildman–Crippen LogP) is 2.25. The van der Waals surface area contributed by atoms with Crippen LogP contribution in [0.2, 0.25) is 0 Å². The van der Waals surface area contributed by atoms with Gasteiger partial charge in [0.1, 0.15) is 0 Å². The molecule has 4 nitrogen and oxygen atoms in total. The van der Waals surface area contributed by atoms with Crippen LogP contribution in [-0.2, 0) is 6.54 Å². The van der Waals surface area contributed by atoms with Crippen LogP contribution in [0, 0.1) is 5.82 Å². The van der Waals surface area contributed by atoms with Gasteiger partial charge in [0.05, 0.1) is 0 Å². The van der Waals surface area contributed by atoms with Crippen LogP contribution in [0.25, 0.3) is 0 Å². The SMILES string of the molecule is CCCNCc1ccnc(N2CC(C)N(C)C(C)C2)c1F. The van der Waals surface area contributed by atoms with Gasteiger partial charge in [-0.3, -0.25) is 4.90 Å². The number of aromatic nitrogens is 1. The quantitative estimate of drug-likeness (QED) is 0.844. The molecule has 0 aromatic carbocycles. The Morgan fingerprint density at radius 2 is 2.00 bits per heavy atom. The van der Waals surface area contributed by atoms with Gasteiger partial charge in [-0.15, -0.1) is 0 Å². The smallest absolute Gasteiger partial charge is 0.170 e. The van der Waals surface area contributed by atoms with Crippen LogP contribution in [0.1, 0.15) is 32.8 Å². The number of hydrogen-bond donors (Lipinski definition) is 1. The molecule has 1 aliphatic rings. The number of hydrogen-bond acceptors (Lipinski definition) is 4. The summed E-state index contributed by atoms with van der Waals surface area (Å²) in [6.45, 7) is 9.55. The van der Waals surface area contributed by atoms with Crippen molar-refractivity contribution in [2.75, 3.05) is 31.6 Å². The number of pyridine rings is 1. The van der Waals surface area contributed by atoms with E-state index in [2.05, 4.69) is 47.9 Å². The van der Waals surface area contributed by atoms with Crippen molar-refractivity contribution < 1.29 is 4.39 Å². The maximum absolute atomic E-state index is 14.7. The molecule has 2 heterocycles. The summed E-state index contributed by atoms with van der Waals surface area (Å²) in [6, 6.07) is 2.57. The van der Waals surface area contributed by atoms with Gasteiger partial charge in [-0.05, 0) is 39.9 Å². The average molecular weight is 294 g/mol. The summed E-state index contributed by atoms with van der Waals surface area (Å²) in [6.07, 6.45) is 2.77. The summed E-state index contributed by atoms with van der Waals surface area (Å²) in [4.78, 5) is 8.70. The predicted molar refractivity (Wildman–Crippen MR) is 85.1 cm³/mol. The van der Waals surface area contributed by atoms with E-state index in [1.807, 2.05) is 0 Å². The Hall–Kier alpha value is -1.20. The van der Waals surface area contributed by atoms with Crippen LogP contribution < -0.4 is 10.2 Å². The fourth-order valence-corrected chi connectivity index (χ4v) is 2.81. The minimum absolute atomic E-state index is 0.176. The highest BCUT2D eigenvalue weighted by atomic mass is 19.1. The lowest BCUT2D eigenvalue weighted by Gasteiger charge is -2.43. The summed E-state index contributed by atoms with van der Waals surface area (Å²) in [5.74, 6) is 0.322. The van der Waals surface area contributed by atoms with Gasteiger partial charge in [-0.1, -0.05) is 6.92 Å². The Balaban J connectivity index is 2.14. The molecule has 0 radical (unpaired) electrons. The lowest BCUT2D eigenvalue weighted by Crippen LogP contribution is -2.55. The van der Waals surface area contributed by atoms with Crippen LogP contribution in [-0.4, -0.2) is 48.6 Å². The third-order valence-corrected chi connectivity index (χ3v) is 4.35. The summed E-state index contributed by atoms with van der Waals surface area (Å²) >= 11 is 0. The first-order valence-electron chi connectivity index (χ1n) is 7.85. The second-order valence-electron chi connectivity index (χ2n) is 6.05. The zero-order chi connectivity index (χ0) is 15.4. The summed E-state index contributed by atoms with van der Waals surface area (Å²) in [5.41, 5.74) is 0.702. The summed E-state index contributed by atoms with van der Waals surface area (Å²) in [5, 5.41) is 3.25. The third kappa shape index (κ3) is 3.71. The van der Waals surface area contributed by atoms with E-state index in [-0.39, 0.29) is 5.82 Å². The Morgan fingerprint density at radius 1 is 1.33 bits per heavy atom. The molecule has 118 valence electrons. The normalized spacial score (nSPS) is 23.6. The van der Waals surface area contributed by atoms with Crippen molar-refractivity contribution in [3.63, 3.8) is 0 Å². The van der Waals surface area contributed by atoms with Gasteiger partial charge in [0.15, 0.2) is 11.6 Å². The zero-order valence-corrected chi connectivity index (χ0v) is 13.6. The Kier molecular flexibility index (Phi) is 5.53. The molecule has 1 N–H and O–H groups in total. The van der Waals surface area contributed by atoms with Gasteiger partial charge >= 0.3 is 0 Å². The molecular weight excluding hydrogens is 267 g/mol. The van der Waals surface area contributed by atoms with Crippen LogP contribution >= 0.6 is 0 Å². The van der Waals surface area contributed by atoms with Gasteiger partial charge in [-0.25, -0.2) is 9.37 Å². The van der Waals surface area contributed by atoms with Gasteiger partial charge in [0.25, 0.3) is 0 Å². The molecule has 2 rings (SSSR count). The van der Waals surface area contributed by atoms with Gasteiger partial charge in [0.2, 0.25) is 0 Å². The highest BCUT2D eigenvalue weighted by Crippen LogP contribution is 2.24. The molecule has 1 aromatic rings. The Bertz CT molecular complexity index is 454. The first-order valence-corrected chi connectivity index (χ1v) is 7.85. The molecule has 21 heavy (non-hydrogen) atoms. The summed E-state index contributed by atoms with van der Waals surface area (Å²) < 4.78 is 14.7. The third-order valence-electron chi connectivity index (χ3n) is 4.35. The van der Waals surface area contributed by atoms with Crippen molar-refractivity contribution in [1.29, 1.82) is 0 Å². The van der Waals surface area contributed by atoms with Crippen LogP contribution in [0.5, 0.6) is 0 Å². The molecule has 2 atom stereocenters. The van der Waals surface area contributed by atoms with Crippen molar-refractivity contribution in [2.45, 2.75) is 45.8 Å². The maximum Gasteiger partial charge on any atom is 0.170 e. The van der Waals surface area contributed by atoms with E-state index < -0.39 is 0 Å². The Morgan fingerprint density at radius 3 is 2.62 bits per heavy atom. The number of likely N-dealkylation sites (N-methyl/N-ethyl adjacent to an activating group) is 1. The molecule has 2 unspecified atom stereocenters. The van der Waals surface area contributed by atoms with Crippen LogP contribution in [0.15, 0.2) is 12.3 Å². The van der Waals surface area contributed by atoms with Gasteiger partial charge in [0, 0.05) is 43.5 Å². The number of nitrogens with zero attached hydrogens (tertiary/aromatic N) is 3. The number of rotatable bonds is 5. The van der Waals surface area contributed by atoms with Crippen LogP contribution in [0.4, 0.5) is 10.2 Å². The molecule has 1 fully saturated rings. The monoisotopic (exact) mass is 294 g/mol. The van der Waals surface area contributed by atoms with Crippen molar-refractivity contribution >= 4 is 5.82 Å². The molecule has 0 saturated carbocycles. The molecule has 0 spiro atoms. The van der Waals surface area contributed by atoms with E-state index in [0.717, 1.165) is 26.1 Å². The number of piperazine rings is 1. The molecule has 0 amide bonds. The standard InChI is InChI=1S/C16H27FN4/c1-5-7-18-9-14-6-8-19-16(15(14)17)21-10-12(2)20(4)13(3)11-21/h6,8,12-13,18H,5,7,9-11H2,1-4H3. The van der Waals surface area contributed by atoms with Crippen molar-refractivity contribution in [3.8, 4) is 0 Å². The van der Waals surface area contributed by atoms with Crippen molar-refractivity contribution in [2.24, 2.45) is 0 Å². The number of halogens is 1. The topological polar surface area (TPSA) is 31.4 Å². The molecule has 0 bridgehead atoms. The maximum atomic E-state index is 14.7. The van der Waals surface area contributed by atoms with E-state index in [9.17, 15) is 4.39 Å². The second-order valence-corrected chi connectivity index (χ2v) is 6.05. The minimum Gasteiger partial charge on any atom is -0.351 e. The molecule has 1 saturated heterocycles. The average Bonchev–Trinajstić information content (AvgIpc) is 2.46. The second kappa shape index (κ2) is 7.18. The highest BCUT2D eigenvalue weighted by Gasteiger charge is 2.29. The first-order chi connectivity index (χ1) is 10.0. The lowest BCUT2D eigenvalue weighted by molar-refractivity contribution is 0.169. The summed E-state index contributed by atoms with van der Waals surface area (Å²) in [7, 11) is 2.13. The highest BCUT2D eigenvalue weighted by molar-refractivity contribution is 5.44. The van der Waals surface area contributed by atoms with Gasteiger partial charge < -0.3 is 10.2 Å². The van der Waals surface area contributed by atoms with E-state index in [0.29, 0.717) is 30.0 Å². The Labute approximate surface area is 127 Å². The van der Waals surface area contributed by atoms with Gasteiger partial charge in [-0.2, -0.15) is 0 Å². The van der Waals surface area contributed by atoms with E-state index in [1.165, 1.54) is 0 Å². The number of nitrogens with one attached hydrogen (secondary N) is 1. The van der Waals surface area contributed by atoms with Crippen LogP contribution in [0.3, 0.4) is 0 Å². The fraction of sp³-hybridized carbons (Fsp3) is 0.688. The van der Waals surface area contributed by atoms with E-state index >= 15 is 0 Å². The molecular formula is C16H27FN4. The lowest BCUT2D eigenvalue weighted by atomic mass is 10.1. The molecule has 0 aliphatic carbocycles. The fourth-order valence-electron chi connectivity index (χ4n) is 2.81. The molecule has 1 aromatic heterocycles. The first kappa shape index (κ1) is 16.2. The minimum atomic E-state index is -0.176. The zero-order valence-electron chi connectivity index (χ0n) is 13.6. The largest absolute Gasteiger partial charge is 0.351 e. The number of anilines is 1. The molecule has 5 heteroatoms. The van der Waals surface area contributed by atoms with E-state index in [1.54, 1.807) is 12.3 Å². The molecule has 1 aliphatic heterocycles.